The van der Waals surface area contributed by atoms with E-state index in [1.54, 1.807) is 10.6 Å². The van der Waals surface area contributed by atoms with Crippen molar-refractivity contribution in [2.45, 2.75) is 24.4 Å². The Bertz CT molecular complexity index is 1130. The number of amides is 1. The molecule has 156 valence electrons. The van der Waals surface area contributed by atoms with E-state index in [1.807, 2.05) is 25.2 Å². The second kappa shape index (κ2) is 8.79. The van der Waals surface area contributed by atoms with Gasteiger partial charge < -0.3 is 14.6 Å². The molecular weight excluding hydrogens is 444 g/mol. The van der Waals surface area contributed by atoms with Crippen molar-refractivity contribution in [3.63, 3.8) is 0 Å². The van der Waals surface area contributed by atoms with Gasteiger partial charge in [-0.05, 0) is 37.0 Å². The van der Waals surface area contributed by atoms with Crippen LogP contribution in [0.5, 0.6) is 0 Å². The van der Waals surface area contributed by atoms with Crippen LogP contribution in [0.4, 0.5) is 5.00 Å². The molecule has 0 spiro atoms. The number of benzene rings is 1. The zero-order valence-corrected chi connectivity index (χ0v) is 18.8. The number of nitrogens with zero attached hydrogens (tertiary/aromatic N) is 3. The molecule has 3 aromatic rings. The van der Waals surface area contributed by atoms with Crippen LogP contribution in [-0.2, 0) is 29.4 Å². The predicted molar refractivity (Wildman–Crippen MR) is 118 cm³/mol. The number of halogens is 1. The van der Waals surface area contributed by atoms with Crippen LogP contribution in [0.2, 0.25) is 5.02 Å². The van der Waals surface area contributed by atoms with Gasteiger partial charge in [-0.3, -0.25) is 4.79 Å². The van der Waals surface area contributed by atoms with Gasteiger partial charge in [-0.25, -0.2) is 4.79 Å². The van der Waals surface area contributed by atoms with Gasteiger partial charge in [0.1, 0.15) is 5.00 Å². The summed E-state index contributed by atoms with van der Waals surface area (Å²) >= 11 is 8.98. The lowest BCUT2D eigenvalue weighted by atomic mass is 10.1. The topological polar surface area (TPSA) is 86.1 Å². The van der Waals surface area contributed by atoms with Crippen molar-refractivity contribution in [3.8, 4) is 11.4 Å². The predicted octanol–water partition coefficient (Wildman–Crippen LogP) is 4.20. The maximum atomic E-state index is 12.6. The normalized spacial score (nSPS) is 12.6. The Morgan fingerprint density at radius 1 is 1.30 bits per heavy atom. The molecule has 1 aliphatic rings. The lowest BCUT2D eigenvalue weighted by Gasteiger charge is -2.07. The number of anilines is 1. The van der Waals surface area contributed by atoms with E-state index < -0.39 is 5.97 Å². The van der Waals surface area contributed by atoms with Gasteiger partial charge in [0.2, 0.25) is 5.91 Å². The average molecular weight is 463 g/mol. The van der Waals surface area contributed by atoms with Crippen LogP contribution in [0.25, 0.3) is 11.4 Å². The van der Waals surface area contributed by atoms with E-state index in [1.165, 1.54) is 30.2 Å². The Balaban J connectivity index is 1.46. The minimum atomic E-state index is -0.407. The largest absolute Gasteiger partial charge is 0.465 e. The summed E-state index contributed by atoms with van der Waals surface area (Å²) in [6.45, 7) is 0. The van der Waals surface area contributed by atoms with Crippen LogP contribution in [-0.4, -0.2) is 39.5 Å². The number of aryl methyl sites for hydroxylation is 1. The van der Waals surface area contributed by atoms with Gasteiger partial charge in [0.05, 0.1) is 23.4 Å². The second-order valence-electron chi connectivity index (χ2n) is 6.73. The summed E-state index contributed by atoms with van der Waals surface area (Å²) in [6, 6.07) is 7.40. The Labute approximate surface area is 186 Å². The van der Waals surface area contributed by atoms with Gasteiger partial charge in [-0.1, -0.05) is 35.5 Å². The molecule has 30 heavy (non-hydrogen) atoms. The SMILES string of the molecule is COC(=O)c1c(NC(=O)CSc2nnc(-c3ccccc3Cl)n2C)sc2c1CCC2. The third-order valence-corrected chi connectivity index (χ3v) is 7.40. The van der Waals surface area contributed by atoms with Gasteiger partial charge in [0, 0.05) is 17.5 Å². The van der Waals surface area contributed by atoms with Crippen molar-refractivity contribution in [2.24, 2.45) is 7.05 Å². The first-order chi connectivity index (χ1) is 14.5. The summed E-state index contributed by atoms with van der Waals surface area (Å²) in [4.78, 5) is 25.9. The number of carbonyl (C=O) groups is 2. The molecule has 1 amide bonds. The number of hydrogen-bond donors (Lipinski definition) is 1. The van der Waals surface area contributed by atoms with Crippen LogP contribution in [0, 0.1) is 0 Å². The molecule has 10 heteroatoms. The minimum absolute atomic E-state index is 0.137. The summed E-state index contributed by atoms with van der Waals surface area (Å²) in [6.07, 6.45) is 2.79. The molecule has 1 N–H and O–H groups in total. The van der Waals surface area contributed by atoms with Crippen LogP contribution in [0.15, 0.2) is 29.4 Å². The summed E-state index contributed by atoms with van der Waals surface area (Å²) in [7, 11) is 3.19. The van der Waals surface area contributed by atoms with Crippen LogP contribution < -0.4 is 5.32 Å². The van der Waals surface area contributed by atoms with Crippen molar-refractivity contribution in [2.75, 3.05) is 18.2 Å². The standard InChI is InChI=1S/C20H19ClN4O3S2/c1-25-17(11-6-3-4-8-13(11)21)23-24-20(25)29-10-15(26)22-18-16(19(27)28-2)12-7-5-9-14(12)30-18/h3-4,6,8H,5,7,9-10H2,1-2H3,(H,22,26). The fourth-order valence-electron chi connectivity index (χ4n) is 3.42. The van der Waals surface area contributed by atoms with Crippen LogP contribution in [0.1, 0.15) is 27.2 Å². The Morgan fingerprint density at radius 2 is 2.10 bits per heavy atom. The number of fused-ring (bicyclic) bond motifs is 1. The molecule has 7 nitrogen and oxygen atoms in total. The summed E-state index contributed by atoms with van der Waals surface area (Å²) in [5.74, 6) is 0.145. The molecule has 2 heterocycles. The molecule has 0 radical (unpaired) electrons. The Morgan fingerprint density at radius 3 is 2.87 bits per heavy atom. The molecule has 0 saturated carbocycles. The molecule has 0 fully saturated rings. The number of aromatic nitrogens is 3. The molecule has 0 unspecified atom stereocenters. The number of hydrogen-bond acceptors (Lipinski definition) is 7. The lowest BCUT2D eigenvalue weighted by molar-refractivity contribution is -0.113. The molecule has 1 aliphatic carbocycles. The number of thioether (sulfide) groups is 1. The molecule has 0 atom stereocenters. The Kier molecular flexibility index (Phi) is 6.12. The van der Waals surface area contributed by atoms with Crippen molar-refractivity contribution < 1.29 is 14.3 Å². The maximum absolute atomic E-state index is 12.6. The van der Waals surface area contributed by atoms with Crippen LogP contribution in [0.3, 0.4) is 0 Å². The van der Waals surface area contributed by atoms with Crippen molar-refractivity contribution >= 4 is 51.6 Å². The van der Waals surface area contributed by atoms with E-state index in [2.05, 4.69) is 15.5 Å². The Hall–Kier alpha value is -2.36. The monoisotopic (exact) mass is 462 g/mol. The number of rotatable bonds is 6. The zero-order valence-electron chi connectivity index (χ0n) is 16.4. The van der Waals surface area contributed by atoms with E-state index in [-0.39, 0.29) is 11.7 Å². The highest BCUT2D eigenvalue weighted by molar-refractivity contribution is 7.99. The van der Waals surface area contributed by atoms with Gasteiger partial charge in [0.15, 0.2) is 11.0 Å². The van der Waals surface area contributed by atoms with E-state index in [0.29, 0.717) is 26.6 Å². The summed E-state index contributed by atoms with van der Waals surface area (Å²) in [5.41, 5.74) is 2.28. The molecule has 4 rings (SSSR count). The minimum Gasteiger partial charge on any atom is -0.465 e. The fourth-order valence-corrected chi connectivity index (χ4v) is 5.65. The zero-order chi connectivity index (χ0) is 21.3. The first-order valence-corrected chi connectivity index (χ1v) is 11.5. The third kappa shape index (κ3) is 3.97. The highest BCUT2D eigenvalue weighted by Crippen LogP contribution is 2.39. The van der Waals surface area contributed by atoms with Gasteiger partial charge in [-0.2, -0.15) is 0 Å². The number of carbonyl (C=O) groups excluding carboxylic acids is 2. The maximum Gasteiger partial charge on any atom is 0.341 e. The number of thiophene rings is 1. The molecule has 2 aromatic heterocycles. The number of nitrogens with one attached hydrogen (secondary N) is 1. The van der Waals surface area contributed by atoms with Crippen molar-refractivity contribution in [1.29, 1.82) is 0 Å². The smallest absolute Gasteiger partial charge is 0.341 e. The van der Waals surface area contributed by atoms with E-state index in [9.17, 15) is 9.59 Å². The first kappa shape index (κ1) is 20.9. The highest BCUT2D eigenvalue weighted by atomic mass is 35.5. The first-order valence-electron chi connectivity index (χ1n) is 9.29. The third-order valence-electron chi connectivity index (χ3n) is 4.85. The van der Waals surface area contributed by atoms with Gasteiger partial charge >= 0.3 is 5.97 Å². The van der Waals surface area contributed by atoms with Crippen LogP contribution >= 0.6 is 34.7 Å². The number of esters is 1. The van der Waals surface area contributed by atoms with Gasteiger partial charge in [0.25, 0.3) is 0 Å². The average Bonchev–Trinajstić information content (AvgIpc) is 3.41. The van der Waals surface area contributed by atoms with E-state index >= 15 is 0 Å². The molecule has 0 saturated heterocycles. The second-order valence-corrected chi connectivity index (χ2v) is 9.19. The number of methoxy groups -OCH3 is 1. The molecule has 0 aliphatic heterocycles. The van der Waals surface area contributed by atoms with E-state index in [4.69, 9.17) is 16.3 Å². The quantitative estimate of drug-likeness (QED) is 0.436. The molecule has 1 aromatic carbocycles. The lowest BCUT2D eigenvalue weighted by Crippen LogP contribution is -2.16. The molecular formula is C20H19ClN4O3S2. The fraction of sp³-hybridized carbons (Fsp3) is 0.300. The summed E-state index contributed by atoms with van der Waals surface area (Å²) < 4.78 is 6.72. The number of ether oxygens (including phenoxy) is 1. The molecule has 0 bridgehead atoms. The van der Waals surface area contributed by atoms with E-state index in [0.717, 1.165) is 35.3 Å². The van der Waals surface area contributed by atoms with Gasteiger partial charge in [-0.15, -0.1) is 21.5 Å². The highest BCUT2D eigenvalue weighted by Gasteiger charge is 2.28. The van der Waals surface area contributed by atoms with Crippen molar-refractivity contribution in [3.05, 3.63) is 45.3 Å². The van der Waals surface area contributed by atoms with Crippen molar-refractivity contribution in [1.82, 2.24) is 14.8 Å². The summed E-state index contributed by atoms with van der Waals surface area (Å²) in [5, 5.41) is 13.0.